The van der Waals surface area contributed by atoms with Crippen molar-refractivity contribution in [3.8, 4) is 0 Å². The summed E-state index contributed by atoms with van der Waals surface area (Å²) in [5, 5.41) is 34.6. The van der Waals surface area contributed by atoms with Gasteiger partial charge in [-0.3, -0.25) is 14.9 Å². The molecule has 21 nitrogen and oxygen atoms in total. The molecule has 0 radical (unpaired) electrons. The van der Waals surface area contributed by atoms with E-state index in [1.165, 1.54) is 53.2 Å². The average Bonchev–Trinajstić information content (AvgIpc) is 3.39. The number of para-hydroxylation sites is 1. The standard InChI is InChI=1S/C47H51Cl3N18O3S3/c1-30(69)67(26-34-4-2-3-5-38(34)68(70)71)25-24-57-44-60-43(65-47(66-44)74-29-33-10-16-37(50)17-11-33)56-23-22-55-42-59-41(63-46(64-42)73-28-32-8-14-36(49)15-9-32)54-21-20-53-40-58-39(52-19-18-51)61-45(62-40)72-27-31-6-12-35(48)13-7-31/h2-17H,18-29,51H2,1H3,(H2,52,53,58,61,62)(H2,54,55,59,63,64)(H2,56,57,60,65,66). The molecule has 0 aliphatic heterocycles. The van der Waals surface area contributed by atoms with Gasteiger partial charge in [0.05, 0.1) is 11.5 Å². The van der Waals surface area contributed by atoms with Crippen LogP contribution in [-0.2, 0) is 28.6 Å². The smallest absolute Gasteiger partial charge is 0.274 e. The van der Waals surface area contributed by atoms with Crippen LogP contribution in [0.3, 0.4) is 0 Å². The van der Waals surface area contributed by atoms with Crippen LogP contribution in [0.1, 0.15) is 29.2 Å². The molecule has 0 bridgehead atoms. The van der Waals surface area contributed by atoms with Crippen LogP contribution in [0.15, 0.2) is 113 Å². The summed E-state index contributed by atoms with van der Waals surface area (Å²) in [6.45, 7) is 4.44. The highest BCUT2D eigenvalue weighted by Crippen LogP contribution is 2.26. The number of nitrogens with one attached hydrogen (secondary N) is 6. The van der Waals surface area contributed by atoms with Crippen molar-refractivity contribution >= 4 is 117 Å². The molecule has 0 saturated carbocycles. The van der Waals surface area contributed by atoms with Gasteiger partial charge in [-0.2, -0.15) is 44.9 Å². The maximum atomic E-state index is 12.6. The van der Waals surface area contributed by atoms with Crippen molar-refractivity contribution in [1.82, 2.24) is 49.8 Å². The SMILES string of the molecule is CC(=O)N(CCNc1nc(NCCNc2nc(NCCNc3nc(NCCN)nc(SCc4ccc(Cl)cc4)n3)nc(SCc3ccc(Cl)cc3)n2)nc(SCc2ccc(Cl)cc2)n1)Cc1ccccc1[N+](=O)[O-]. The van der Waals surface area contributed by atoms with Crippen molar-refractivity contribution in [3.63, 3.8) is 0 Å². The van der Waals surface area contributed by atoms with Gasteiger partial charge in [-0.05, 0) is 53.1 Å². The maximum Gasteiger partial charge on any atom is 0.274 e. The van der Waals surface area contributed by atoms with Gasteiger partial charge in [-0.1, -0.05) is 125 Å². The molecule has 1 amide bonds. The third-order valence-electron chi connectivity index (χ3n) is 10.2. The number of benzene rings is 4. The first-order valence-electron chi connectivity index (χ1n) is 23.0. The first-order valence-corrected chi connectivity index (χ1v) is 27.0. The molecule has 0 unspecified atom stereocenters. The molecule has 3 aromatic heterocycles. The topological polar surface area (TPSA) is 278 Å². The number of anilines is 6. The van der Waals surface area contributed by atoms with Crippen LogP contribution in [0, 0.1) is 10.1 Å². The first kappa shape index (κ1) is 55.2. The van der Waals surface area contributed by atoms with Crippen LogP contribution in [0.4, 0.5) is 41.4 Å². The minimum atomic E-state index is -0.454. The van der Waals surface area contributed by atoms with E-state index in [4.69, 9.17) is 50.5 Å². The summed E-state index contributed by atoms with van der Waals surface area (Å²) in [5.41, 5.74) is 9.26. The fourth-order valence-electron chi connectivity index (χ4n) is 6.48. The van der Waals surface area contributed by atoms with E-state index in [0.29, 0.717) is 122 Å². The molecule has 0 aliphatic carbocycles. The lowest BCUT2D eigenvalue weighted by Gasteiger charge is -2.21. The number of nitrogens with zero attached hydrogens (tertiary/aromatic N) is 11. The maximum absolute atomic E-state index is 12.6. The Labute approximate surface area is 454 Å². The Bertz CT molecular complexity index is 2940. The molecule has 0 aliphatic rings. The fourth-order valence-corrected chi connectivity index (χ4v) is 9.23. The van der Waals surface area contributed by atoms with E-state index in [9.17, 15) is 14.9 Å². The Balaban J connectivity index is 0.991. The van der Waals surface area contributed by atoms with Crippen molar-refractivity contribution < 1.29 is 9.72 Å². The molecule has 0 spiro atoms. The van der Waals surface area contributed by atoms with Gasteiger partial charge in [0.15, 0.2) is 15.5 Å². The molecule has 0 atom stereocenters. The van der Waals surface area contributed by atoms with Crippen molar-refractivity contribution in [1.29, 1.82) is 0 Å². The van der Waals surface area contributed by atoms with Gasteiger partial charge in [-0.25, -0.2) is 0 Å². The lowest BCUT2D eigenvalue weighted by molar-refractivity contribution is -0.385. The number of nitrogens with two attached hydrogens (primary N) is 1. The number of nitro groups is 1. The molecule has 4 aromatic carbocycles. The summed E-state index contributed by atoms with van der Waals surface area (Å²) < 4.78 is 0. The zero-order chi connectivity index (χ0) is 52.1. The number of amides is 1. The lowest BCUT2D eigenvalue weighted by atomic mass is 10.1. The Morgan fingerprint density at radius 1 is 0.527 bits per heavy atom. The highest BCUT2D eigenvalue weighted by molar-refractivity contribution is 7.98. The molecule has 0 saturated heterocycles. The Hall–Kier alpha value is -6.54. The lowest BCUT2D eigenvalue weighted by Crippen LogP contribution is -2.33. The number of aromatic nitrogens is 9. The number of hydrogen-bond donors (Lipinski definition) is 7. The number of nitro benzene ring substituents is 1. The summed E-state index contributed by atoms with van der Waals surface area (Å²) in [4.78, 5) is 67.1. The minimum absolute atomic E-state index is 0.0540. The van der Waals surface area contributed by atoms with Crippen LogP contribution >= 0.6 is 70.1 Å². The van der Waals surface area contributed by atoms with Crippen LogP contribution in [0.25, 0.3) is 0 Å². The van der Waals surface area contributed by atoms with E-state index >= 15 is 0 Å². The van der Waals surface area contributed by atoms with Gasteiger partial charge in [0, 0.05) is 103 Å². The van der Waals surface area contributed by atoms with E-state index in [0.717, 1.165) is 16.7 Å². The van der Waals surface area contributed by atoms with Crippen molar-refractivity contribution in [2.24, 2.45) is 5.73 Å². The van der Waals surface area contributed by atoms with E-state index in [2.05, 4.69) is 66.8 Å². The molecule has 7 rings (SSSR count). The van der Waals surface area contributed by atoms with Gasteiger partial charge >= 0.3 is 0 Å². The van der Waals surface area contributed by atoms with Gasteiger partial charge in [-0.15, -0.1) is 0 Å². The number of thioether (sulfide) groups is 3. The number of carbonyl (C=O) groups is 1. The average molecular weight is 1120 g/mol. The summed E-state index contributed by atoms with van der Waals surface area (Å²) >= 11 is 22.7. The number of rotatable bonds is 29. The van der Waals surface area contributed by atoms with Gasteiger partial charge in [0.2, 0.25) is 41.6 Å². The number of halogens is 3. The third kappa shape index (κ3) is 18.4. The third-order valence-corrected chi connectivity index (χ3v) is 13.7. The molecular weight excluding hydrogens is 1070 g/mol. The van der Waals surface area contributed by atoms with Gasteiger partial charge in [0.25, 0.3) is 5.69 Å². The van der Waals surface area contributed by atoms with E-state index in [1.54, 1.807) is 18.2 Å². The largest absolute Gasteiger partial charge is 0.353 e. The van der Waals surface area contributed by atoms with E-state index in [-0.39, 0.29) is 37.2 Å². The highest BCUT2D eigenvalue weighted by atomic mass is 35.5. The molecule has 3 heterocycles. The van der Waals surface area contributed by atoms with Gasteiger partial charge in [0.1, 0.15) is 0 Å². The Morgan fingerprint density at radius 3 is 1.20 bits per heavy atom. The molecule has 74 heavy (non-hydrogen) atoms. The van der Waals surface area contributed by atoms with Crippen molar-refractivity contribution in [3.05, 3.63) is 144 Å². The van der Waals surface area contributed by atoms with Crippen LogP contribution in [0.2, 0.25) is 15.1 Å². The highest BCUT2D eigenvalue weighted by Gasteiger charge is 2.18. The Morgan fingerprint density at radius 2 is 0.865 bits per heavy atom. The quantitative estimate of drug-likeness (QED) is 0.00997. The second-order valence-corrected chi connectivity index (χ2v) is 19.9. The van der Waals surface area contributed by atoms with Crippen LogP contribution in [0.5, 0.6) is 0 Å². The van der Waals surface area contributed by atoms with E-state index < -0.39 is 4.92 Å². The Kier molecular flexibility index (Phi) is 21.5. The van der Waals surface area contributed by atoms with E-state index in [1.807, 2.05) is 72.8 Å². The second-order valence-electron chi connectivity index (χ2n) is 15.7. The molecule has 27 heteroatoms. The van der Waals surface area contributed by atoms with Crippen LogP contribution < -0.4 is 37.6 Å². The summed E-state index contributed by atoms with van der Waals surface area (Å²) in [7, 11) is 0. The number of carbonyl (C=O) groups excluding carboxylic acids is 1. The van der Waals surface area contributed by atoms with Crippen LogP contribution in [-0.4, -0.2) is 113 Å². The number of hydrogen-bond acceptors (Lipinski definition) is 22. The summed E-state index contributed by atoms with van der Waals surface area (Å²) in [5.74, 6) is 3.67. The molecular formula is C47H51Cl3N18O3S3. The molecule has 0 fully saturated rings. The zero-order valence-electron chi connectivity index (χ0n) is 39.8. The summed E-state index contributed by atoms with van der Waals surface area (Å²) in [6, 6.07) is 29.1. The molecule has 8 N–H and O–H groups in total. The van der Waals surface area contributed by atoms with Crippen molar-refractivity contribution in [2.45, 2.75) is 46.2 Å². The molecule has 386 valence electrons. The normalized spacial score (nSPS) is 10.9. The first-order chi connectivity index (χ1) is 35.9. The zero-order valence-corrected chi connectivity index (χ0v) is 44.5. The fraction of sp³-hybridized carbons (Fsp3) is 0.277. The van der Waals surface area contributed by atoms with Gasteiger partial charge < -0.3 is 42.5 Å². The van der Waals surface area contributed by atoms with Crippen molar-refractivity contribution in [2.75, 3.05) is 84.3 Å². The monoisotopic (exact) mass is 1120 g/mol. The molecule has 7 aromatic rings. The summed E-state index contributed by atoms with van der Waals surface area (Å²) in [6.07, 6.45) is 0. The second kappa shape index (κ2) is 28.8. The predicted octanol–water partition coefficient (Wildman–Crippen LogP) is 8.87. The minimum Gasteiger partial charge on any atom is -0.353 e. The predicted molar refractivity (Wildman–Crippen MR) is 297 cm³/mol.